The van der Waals surface area contributed by atoms with Gasteiger partial charge in [0.05, 0.1) is 11.8 Å². The molecule has 2 aliphatic carbocycles. The van der Waals surface area contributed by atoms with Crippen LogP contribution in [0.25, 0.3) is 0 Å². The number of carbonyl (C=O) groups excluding carboxylic acids is 2. The fraction of sp³-hybridized carbons (Fsp3) is 0.579. The Morgan fingerprint density at radius 3 is 2.63 bits per heavy atom. The van der Waals surface area contributed by atoms with Gasteiger partial charge in [0.15, 0.2) is 0 Å². The van der Waals surface area contributed by atoms with Crippen LogP contribution in [0.15, 0.2) is 28.7 Å². The summed E-state index contributed by atoms with van der Waals surface area (Å²) in [6, 6.07) is 5.86. The molecule has 0 unspecified atom stereocenters. The van der Waals surface area contributed by atoms with Crippen molar-refractivity contribution in [3.8, 4) is 0 Å². The minimum absolute atomic E-state index is 0.00744. The van der Waals surface area contributed by atoms with Crippen LogP contribution in [0.4, 0.5) is 0 Å². The molecule has 1 aromatic rings. The van der Waals surface area contributed by atoms with Crippen LogP contribution in [0.1, 0.15) is 51.1 Å². The first-order valence-electron chi connectivity index (χ1n) is 8.95. The van der Waals surface area contributed by atoms with Crippen molar-refractivity contribution < 1.29 is 23.1 Å². The standard InChI is InChI=1S/C19H24BrNO5S/c1-18(2)13-6-7-19(18,16(22)9-13)11-27(25,26)21-15(10-17(23)24)12-4-3-5-14(20)8-12/h3-5,8,13,15,21H,6-7,9-11H2,1-2H3,(H,23,24)/p-1/t13-,15+,19-/m1/s1. The molecule has 0 spiro atoms. The van der Waals surface area contributed by atoms with Crippen LogP contribution in [-0.2, 0) is 19.6 Å². The number of aliphatic carboxylic acids is 1. The molecule has 2 bridgehead atoms. The number of Topliss-reactive ketones (excluding diaryl/α,β-unsaturated/α-hetero) is 1. The molecule has 27 heavy (non-hydrogen) atoms. The molecule has 2 aliphatic rings. The van der Waals surface area contributed by atoms with Crippen LogP contribution in [0.5, 0.6) is 0 Å². The molecule has 2 saturated carbocycles. The van der Waals surface area contributed by atoms with Gasteiger partial charge in [0, 0.05) is 28.7 Å². The number of ketones is 1. The molecule has 1 N–H and O–H groups in total. The van der Waals surface area contributed by atoms with E-state index in [0.29, 0.717) is 22.9 Å². The van der Waals surface area contributed by atoms with E-state index < -0.39 is 33.9 Å². The molecule has 0 aliphatic heterocycles. The third-order valence-corrected chi connectivity index (χ3v) is 8.53. The normalized spacial score (nSPS) is 27.7. The van der Waals surface area contributed by atoms with E-state index in [-0.39, 0.29) is 22.9 Å². The highest BCUT2D eigenvalue weighted by Crippen LogP contribution is 2.64. The maximum atomic E-state index is 13.0. The Hall–Kier alpha value is -1.25. The molecule has 0 radical (unpaired) electrons. The van der Waals surface area contributed by atoms with E-state index in [9.17, 15) is 23.1 Å². The van der Waals surface area contributed by atoms with Gasteiger partial charge in [0.1, 0.15) is 5.78 Å². The minimum Gasteiger partial charge on any atom is -0.550 e. The molecule has 8 heteroatoms. The molecule has 1 aromatic carbocycles. The summed E-state index contributed by atoms with van der Waals surface area (Å²) in [4.78, 5) is 23.8. The van der Waals surface area contributed by atoms with Crippen LogP contribution in [-0.4, -0.2) is 25.9 Å². The fourth-order valence-corrected chi connectivity index (χ4v) is 7.29. The fourth-order valence-electron chi connectivity index (χ4n) is 4.81. The van der Waals surface area contributed by atoms with Gasteiger partial charge in [0.25, 0.3) is 0 Å². The van der Waals surface area contributed by atoms with E-state index in [1.54, 1.807) is 24.3 Å². The van der Waals surface area contributed by atoms with Crippen molar-refractivity contribution in [2.75, 3.05) is 5.75 Å². The molecule has 0 amide bonds. The third-order valence-electron chi connectivity index (χ3n) is 6.52. The summed E-state index contributed by atoms with van der Waals surface area (Å²) in [5.41, 5.74) is -0.749. The Labute approximate surface area is 167 Å². The summed E-state index contributed by atoms with van der Waals surface area (Å²) in [5.74, 6) is -1.43. The van der Waals surface area contributed by atoms with Gasteiger partial charge in [-0.05, 0) is 41.9 Å². The van der Waals surface area contributed by atoms with Crippen molar-refractivity contribution in [2.45, 2.75) is 45.6 Å². The van der Waals surface area contributed by atoms with Crippen molar-refractivity contribution in [2.24, 2.45) is 16.7 Å². The highest BCUT2D eigenvalue weighted by molar-refractivity contribution is 9.10. The van der Waals surface area contributed by atoms with E-state index in [1.165, 1.54) is 0 Å². The second-order valence-corrected chi connectivity index (χ2v) is 10.9. The van der Waals surface area contributed by atoms with Crippen molar-refractivity contribution in [3.05, 3.63) is 34.3 Å². The first-order valence-corrected chi connectivity index (χ1v) is 11.4. The highest BCUT2D eigenvalue weighted by atomic mass is 79.9. The van der Waals surface area contributed by atoms with Gasteiger partial charge >= 0.3 is 0 Å². The predicted molar refractivity (Wildman–Crippen MR) is 102 cm³/mol. The first kappa shape index (κ1) is 20.5. The second-order valence-electron chi connectivity index (χ2n) is 8.23. The zero-order chi connectivity index (χ0) is 20.0. The van der Waals surface area contributed by atoms with Gasteiger partial charge in [-0.3, -0.25) is 4.79 Å². The topological polar surface area (TPSA) is 103 Å². The first-order chi connectivity index (χ1) is 12.5. The van der Waals surface area contributed by atoms with Gasteiger partial charge in [-0.1, -0.05) is 41.9 Å². The number of benzene rings is 1. The molecular formula is C19H23BrNO5S-. The largest absolute Gasteiger partial charge is 0.550 e. The lowest BCUT2D eigenvalue weighted by Gasteiger charge is -2.36. The number of nitrogens with one attached hydrogen (secondary N) is 1. The minimum atomic E-state index is -3.90. The Morgan fingerprint density at radius 1 is 1.41 bits per heavy atom. The number of sulfonamides is 1. The monoisotopic (exact) mass is 456 g/mol. The molecule has 2 fully saturated rings. The molecule has 0 aromatic heterocycles. The van der Waals surface area contributed by atoms with Gasteiger partial charge in [-0.2, -0.15) is 0 Å². The summed E-state index contributed by atoms with van der Waals surface area (Å²) in [6.45, 7) is 3.94. The summed E-state index contributed by atoms with van der Waals surface area (Å²) < 4.78 is 29.2. The van der Waals surface area contributed by atoms with Crippen molar-refractivity contribution in [3.63, 3.8) is 0 Å². The van der Waals surface area contributed by atoms with Gasteiger partial charge in [-0.15, -0.1) is 0 Å². The number of hydrogen-bond acceptors (Lipinski definition) is 5. The number of fused-ring (bicyclic) bond motifs is 2. The average molecular weight is 457 g/mol. The van der Waals surface area contributed by atoms with Crippen LogP contribution in [0.3, 0.4) is 0 Å². The Balaban J connectivity index is 1.87. The van der Waals surface area contributed by atoms with Crippen molar-refractivity contribution >= 4 is 37.7 Å². The zero-order valence-corrected chi connectivity index (χ0v) is 17.7. The summed E-state index contributed by atoms with van der Waals surface area (Å²) >= 11 is 3.31. The van der Waals surface area contributed by atoms with Crippen LogP contribution >= 0.6 is 15.9 Å². The van der Waals surface area contributed by atoms with E-state index in [0.717, 1.165) is 6.42 Å². The van der Waals surface area contributed by atoms with E-state index >= 15 is 0 Å². The third kappa shape index (κ3) is 3.71. The summed E-state index contributed by atoms with van der Waals surface area (Å²) in [7, 11) is -3.90. The second kappa shape index (κ2) is 6.97. The summed E-state index contributed by atoms with van der Waals surface area (Å²) in [6.07, 6.45) is 1.36. The molecule has 0 heterocycles. The molecular weight excluding hydrogens is 434 g/mol. The zero-order valence-electron chi connectivity index (χ0n) is 15.3. The molecule has 3 atom stereocenters. The average Bonchev–Trinajstić information content (AvgIpc) is 2.87. The maximum Gasteiger partial charge on any atom is 0.213 e. The Bertz CT molecular complexity index is 882. The van der Waals surface area contributed by atoms with Gasteiger partial charge < -0.3 is 9.90 Å². The number of carboxylic acid groups (broad SMARTS) is 1. The SMILES string of the molecule is CC1(C)[C@@H]2CC[C@@]1(CS(=O)(=O)N[C@@H](CC(=O)[O-])c1cccc(Br)c1)C(=O)C2. The van der Waals surface area contributed by atoms with Crippen molar-refractivity contribution in [1.82, 2.24) is 4.72 Å². The predicted octanol–water partition coefficient (Wildman–Crippen LogP) is 1.95. The van der Waals surface area contributed by atoms with E-state index in [1.807, 2.05) is 13.8 Å². The Morgan fingerprint density at radius 2 is 2.11 bits per heavy atom. The quantitative estimate of drug-likeness (QED) is 0.674. The van der Waals surface area contributed by atoms with Crippen LogP contribution in [0, 0.1) is 16.7 Å². The van der Waals surface area contributed by atoms with Crippen LogP contribution < -0.4 is 9.83 Å². The number of carboxylic acids is 1. The van der Waals surface area contributed by atoms with Crippen LogP contribution in [0.2, 0.25) is 0 Å². The molecule has 0 saturated heterocycles. The summed E-state index contributed by atoms with van der Waals surface area (Å²) in [5, 5.41) is 11.2. The molecule has 148 valence electrons. The number of halogens is 1. The lowest BCUT2D eigenvalue weighted by molar-refractivity contribution is -0.306. The number of carbonyl (C=O) groups is 2. The van der Waals surface area contributed by atoms with Gasteiger partial charge in [0.2, 0.25) is 10.0 Å². The smallest absolute Gasteiger partial charge is 0.213 e. The van der Waals surface area contributed by atoms with Crippen molar-refractivity contribution in [1.29, 1.82) is 0 Å². The number of hydrogen-bond donors (Lipinski definition) is 1. The lowest BCUT2D eigenvalue weighted by atomic mass is 9.70. The van der Waals surface area contributed by atoms with E-state index in [4.69, 9.17) is 0 Å². The highest BCUT2D eigenvalue weighted by Gasteiger charge is 2.65. The molecule has 3 rings (SSSR count). The maximum absolute atomic E-state index is 13.0. The van der Waals surface area contributed by atoms with Gasteiger partial charge in [-0.25, -0.2) is 13.1 Å². The van der Waals surface area contributed by atoms with E-state index in [2.05, 4.69) is 20.7 Å². The lowest BCUT2D eigenvalue weighted by Crippen LogP contribution is -2.46. The Kier molecular flexibility index (Phi) is 5.29. The molecule has 6 nitrogen and oxygen atoms in total. The number of rotatable bonds is 7.